The van der Waals surface area contributed by atoms with Gasteiger partial charge in [0.25, 0.3) is 5.91 Å². The summed E-state index contributed by atoms with van der Waals surface area (Å²) >= 11 is 10.9. The number of aliphatic imine (C=N–C) groups is 1. The monoisotopic (exact) mass is 494 g/mol. The number of halogens is 2. The number of hydrogen-bond donors (Lipinski definition) is 0. The van der Waals surface area contributed by atoms with Crippen LogP contribution in [0, 0.1) is 0 Å². The SMILES string of the molecule is COC(=O)c1ccc(N=C2SC(=Cc3cc(Br)cc(Cl)c3OC)C(=O)N2C)cc1. The number of amides is 1. The van der Waals surface area contributed by atoms with Crippen molar-refractivity contribution in [3.05, 3.63) is 61.9 Å². The summed E-state index contributed by atoms with van der Waals surface area (Å²) < 4.78 is 10.8. The van der Waals surface area contributed by atoms with Crippen molar-refractivity contribution >= 4 is 68.1 Å². The molecule has 29 heavy (non-hydrogen) atoms. The molecule has 1 aliphatic rings. The molecule has 0 radical (unpaired) electrons. The van der Waals surface area contributed by atoms with Gasteiger partial charge in [0.1, 0.15) is 5.75 Å². The molecule has 0 bridgehead atoms. The van der Waals surface area contributed by atoms with Crippen LogP contribution in [-0.4, -0.2) is 43.2 Å². The Balaban J connectivity index is 1.91. The number of likely N-dealkylation sites (N-methyl/N-ethyl adjacent to an activating group) is 1. The van der Waals surface area contributed by atoms with Crippen molar-refractivity contribution in [3.63, 3.8) is 0 Å². The molecule has 150 valence electrons. The van der Waals surface area contributed by atoms with E-state index < -0.39 is 5.97 Å². The zero-order valence-corrected chi connectivity index (χ0v) is 18.9. The molecule has 6 nitrogen and oxygen atoms in total. The largest absolute Gasteiger partial charge is 0.495 e. The lowest BCUT2D eigenvalue weighted by atomic mass is 10.2. The number of benzene rings is 2. The highest BCUT2D eigenvalue weighted by Gasteiger charge is 2.30. The van der Waals surface area contributed by atoms with Gasteiger partial charge in [-0.15, -0.1) is 0 Å². The predicted molar refractivity (Wildman–Crippen MR) is 119 cm³/mol. The molecule has 1 saturated heterocycles. The topological polar surface area (TPSA) is 68.2 Å². The van der Waals surface area contributed by atoms with E-state index in [1.165, 1.54) is 30.9 Å². The molecule has 0 aliphatic carbocycles. The van der Waals surface area contributed by atoms with Gasteiger partial charge < -0.3 is 9.47 Å². The Kier molecular flexibility index (Phi) is 6.66. The summed E-state index contributed by atoms with van der Waals surface area (Å²) in [7, 11) is 4.51. The molecule has 0 N–H and O–H groups in total. The van der Waals surface area contributed by atoms with E-state index in [0.29, 0.717) is 37.7 Å². The van der Waals surface area contributed by atoms with Crippen LogP contribution < -0.4 is 4.74 Å². The number of nitrogens with zero attached hydrogens (tertiary/aromatic N) is 2. The maximum absolute atomic E-state index is 12.7. The first-order valence-corrected chi connectivity index (χ1v) is 10.3. The lowest BCUT2D eigenvalue weighted by Crippen LogP contribution is -2.23. The predicted octanol–water partition coefficient (Wildman–Crippen LogP) is 5.13. The van der Waals surface area contributed by atoms with Gasteiger partial charge in [0.05, 0.1) is 35.4 Å². The second-order valence-corrected chi connectivity index (χ2v) is 8.25. The molecule has 2 aromatic carbocycles. The Bertz CT molecular complexity index is 1040. The van der Waals surface area contributed by atoms with E-state index in [9.17, 15) is 9.59 Å². The van der Waals surface area contributed by atoms with Gasteiger partial charge in [-0.25, -0.2) is 9.79 Å². The molecule has 9 heteroatoms. The molecular weight excluding hydrogens is 480 g/mol. The molecule has 1 heterocycles. The Morgan fingerprint density at radius 3 is 2.55 bits per heavy atom. The summed E-state index contributed by atoms with van der Waals surface area (Å²) in [6.45, 7) is 0. The van der Waals surface area contributed by atoms with Crippen molar-refractivity contribution in [2.24, 2.45) is 4.99 Å². The average molecular weight is 496 g/mol. The second kappa shape index (κ2) is 9.02. The zero-order chi connectivity index (χ0) is 21.1. The Hall–Kier alpha value is -2.29. The number of ether oxygens (including phenoxy) is 2. The molecule has 1 fully saturated rings. The van der Waals surface area contributed by atoms with Crippen LogP contribution in [0.5, 0.6) is 5.75 Å². The summed E-state index contributed by atoms with van der Waals surface area (Å²) in [5.74, 6) is -0.112. The Morgan fingerprint density at radius 2 is 1.93 bits per heavy atom. The van der Waals surface area contributed by atoms with Crippen molar-refractivity contribution in [2.75, 3.05) is 21.3 Å². The fraction of sp³-hybridized carbons (Fsp3) is 0.150. The van der Waals surface area contributed by atoms with E-state index >= 15 is 0 Å². The third-order valence-electron chi connectivity index (χ3n) is 4.04. The minimum absolute atomic E-state index is 0.182. The number of esters is 1. The van der Waals surface area contributed by atoms with Crippen LogP contribution in [0.4, 0.5) is 5.69 Å². The van der Waals surface area contributed by atoms with Gasteiger partial charge in [-0.3, -0.25) is 9.69 Å². The maximum Gasteiger partial charge on any atom is 0.337 e. The first kappa shape index (κ1) is 21.4. The molecule has 0 unspecified atom stereocenters. The van der Waals surface area contributed by atoms with Gasteiger partial charge in [-0.1, -0.05) is 27.5 Å². The lowest BCUT2D eigenvalue weighted by Gasteiger charge is -2.08. The van der Waals surface area contributed by atoms with Crippen LogP contribution in [0.3, 0.4) is 0 Å². The quantitative estimate of drug-likeness (QED) is 0.434. The Labute approximate surface area is 185 Å². The minimum atomic E-state index is -0.418. The minimum Gasteiger partial charge on any atom is -0.495 e. The lowest BCUT2D eigenvalue weighted by molar-refractivity contribution is -0.121. The van der Waals surface area contributed by atoms with Gasteiger partial charge in [-0.2, -0.15) is 0 Å². The maximum atomic E-state index is 12.7. The van der Waals surface area contributed by atoms with Crippen LogP contribution in [0.1, 0.15) is 15.9 Å². The fourth-order valence-electron chi connectivity index (χ4n) is 2.60. The molecule has 1 amide bonds. The molecule has 2 aromatic rings. The number of hydrogen-bond acceptors (Lipinski definition) is 6. The summed E-state index contributed by atoms with van der Waals surface area (Å²) in [6, 6.07) is 10.2. The van der Waals surface area contributed by atoms with Crippen molar-refractivity contribution in [3.8, 4) is 5.75 Å². The first-order chi connectivity index (χ1) is 13.8. The molecule has 3 rings (SSSR count). The van der Waals surface area contributed by atoms with Crippen molar-refractivity contribution in [1.82, 2.24) is 4.90 Å². The van der Waals surface area contributed by atoms with Crippen molar-refractivity contribution < 1.29 is 19.1 Å². The third kappa shape index (κ3) is 4.66. The number of carbonyl (C=O) groups excluding carboxylic acids is 2. The third-order valence-corrected chi connectivity index (χ3v) is 5.84. The van der Waals surface area contributed by atoms with Gasteiger partial charge in [0.2, 0.25) is 0 Å². The van der Waals surface area contributed by atoms with Crippen molar-refractivity contribution in [1.29, 1.82) is 0 Å². The van der Waals surface area contributed by atoms with E-state index in [2.05, 4.69) is 25.7 Å². The molecule has 0 spiro atoms. The number of rotatable bonds is 4. The van der Waals surface area contributed by atoms with Gasteiger partial charge in [0.15, 0.2) is 5.17 Å². The highest BCUT2D eigenvalue weighted by Crippen LogP contribution is 2.38. The van der Waals surface area contributed by atoms with Gasteiger partial charge in [-0.05, 0) is 54.2 Å². The van der Waals surface area contributed by atoms with E-state index in [4.69, 9.17) is 16.3 Å². The summed E-state index contributed by atoms with van der Waals surface area (Å²) in [4.78, 5) is 30.7. The van der Waals surface area contributed by atoms with E-state index in [-0.39, 0.29) is 5.91 Å². The van der Waals surface area contributed by atoms with E-state index in [0.717, 1.165) is 4.47 Å². The van der Waals surface area contributed by atoms with Crippen LogP contribution in [0.2, 0.25) is 5.02 Å². The molecule has 0 aromatic heterocycles. The standard InChI is InChI=1S/C20H16BrClN2O4S/c1-24-18(25)16(9-12-8-13(21)10-15(22)17(12)27-2)29-20(24)23-14-6-4-11(5-7-14)19(26)28-3/h4-10H,1-3H3. The fourth-order valence-corrected chi connectivity index (χ4v) is 4.48. The average Bonchev–Trinajstić information content (AvgIpc) is 2.95. The van der Waals surface area contributed by atoms with E-state index in [1.54, 1.807) is 43.5 Å². The van der Waals surface area contributed by atoms with Crippen molar-refractivity contribution in [2.45, 2.75) is 0 Å². The van der Waals surface area contributed by atoms with Gasteiger partial charge in [0, 0.05) is 17.1 Å². The second-order valence-electron chi connectivity index (χ2n) is 5.92. The summed E-state index contributed by atoms with van der Waals surface area (Å²) in [5.41, 5.74) is 1.73. The van der Waals surface area contributed by atoms with Crippen LogP contribution in [0.25, 0.3) is 6.08 Å². The molecule has 1 aliphatic heterocycles. The van der Waals surface area contributed by atoms with E-state index in [1.807, 2.05) is 6.07 Å². The highest BCUT2D eigenvalue weighted by atomic mass is 79.9. The molecule has 0 saturated carbocycles. The first-order valence-electron chi connectivity index (χ1n) is 8.31. The summed E-state index contributed by atoms with van der Waals surface area (Å²) in [5, 5.41) is 0.962. The zero-order valence-electron chi connectivity index (χ0n) is 15.7. The van der Waals surface area contributed by atoms with Crippen LogP contribution >= 0.6 is 39.3 Å². The highest BCUT2D eigenvalue weighted by molar-refractivity contribution is 9.10. The molecular formula is C20H16BrClN2O4S. The summed E-state index contributed by atoms with van der Waals surface area (Å²) in [6.07, 6.45) is 1.72. The normalized spacial score (nSPS) is 16.6. The van der Waals surface area contributed by atoms with Crippen LogP contribution in [0.15, 0.2) is 50.8 Å². The number of amidine groups is 1. The van der Waals surface area contributed by atoms with Crippen LogP contribution in [-0.2, 0) is 9.53 Å². The number of thioether (sulfide) groups is 1. The number of carbonyl (C=O) groups is 2. The Morgan fingerprint density at radius 1 is 1.24 bits per heavy atom. The molecule has 0 atom stereocenters. The van der Waals surface area contributed by atoms with Gasteiger partial charge >= 0.3 is 5.97 Å². The smallest absolute Gasteiger partial charge is 0.337 e. The number of methoxy groups -OCH3 is 2.